The molecule has 0 radical (unpaired) electrons. The predicted molar refractivity (Wildman–Crippen MR) is 95.1 cm³/mol. The van der Waals surface area contributed by atoms with Gasteiger partial charge in [0.25, 0.3) is 0 Å². The Bertz CT molecular complexity index is 996. The Kier molecular flexibility index (Phi) is 4.78. The molecule has 138 valence electrons. The molecule has 1 saturated heterocycles. The number of carbonyl (C=O) groups excluding carboxylic acids is 3. The zero-order chi connectivity index (χ0) is 19.1. The van der Waals surface area contributed by atoms with Gasteiger partial charge in [-0.05, 0) is 18.2 Å². The number of rotatable bonds is 5. The fourth-order valence-electron chi connectivity index (χ4n) is 2.43. The number of likely N-dealkylation sites (tertiary alicyclic amines) is 1. The molecule has 26 heavy (non-hydrogen) atoms. The van der Waals surface area contributed by atoms with E-state index in [2.05, 4.69) is 10.3 Å². The zero-order valence-electron chi connectivity index (χ0n) is 14.1. The van der Waals surface area contributed by atoms with Crippen LogP contribution in [-0.2, 0) is 24.4 Å². The van der Waals surface area contributed by atoms with E-state index >= 15 is 0 Å². The molecule has 0 bridgehead atoms. The summed E-state index contributed by atoms with van der Waals surface area (Å²) in [6.45, 7) is -0.353. The van der Waals surface area contributed by atoms with Crippen LogP contribution in [0.5, 0.6) is 0 Å². The van der Waals surface area contributed by atoms with Gasteiger partial charge in [0.15, 0.2) is 5.13 Å². The summed E-state index contributed by atoms with van der Waals surface area (Å²) < 4.78 is 26.1. The van der Waals surface area contributed by atoms with Crippen LogP contribution in [0.3, 0.4) is 0 Å². The molecule has 0 unspecified atom stereocenters. The van der Waals surface area contributed by atoms with Gasteiger partial charge in [-0.3, -0.25) is 19.3 Å². The Hall–Kier alpha value is -2.37. The number of hydrogen-bond donors (Lipinski definition) is 1. The number of sulfonamides is 1. The number of nitrogens with one attached hydrogen (secondary N) is 1. The summed E-state index contributed by atoms with van der Waals surface area (Å²) >= 11 is 1.11. The molecule has 1 aliphatic heterocycles. The molecule has 0 saturated carbocycles. The van der Waals surface area contributed by atoms with Crippen LogP contribution in [0.1, 0.15) is 12.8 Å². The minimum absolute atomic E-state index is 0.121. The van der Waals surface area contributed by atoms with Crippen molar-refractivity contribution in [2.45, 2.75) is 17.7 Å². The largest absolute Gasteiger partial charge is 0.300 e. The van der Waals surface area contributed by atoms with Crippen LogP contribution in [0.2, 0.25) is 0 Å². The standard InChI is InChI=1S/C15H16N4O5S2/c1-18(2)26(23,24)9-3-4-10-11(7-9)25-15(16-10)17-12(20)8-19-13(21)5-6-14(19)22/h3-4,7H,5-6,8H2,1-2H3,(H,16,17,20). The number of nitrogens with zero attached hydrogens (tertiary/aromatic N) is 3. The first-order valence-electron chi connectivity index (χ1n) is 7.64. The Morgan fingerprint density at radius 1 is 1.27 bits per heavy atom. The van der Waals surface area contributed by atoms with Gasteiger partial charge in [0.1, 0.15) is 6.54 Å². The summed E-state index contributed by atoms with van der Waals surface area (Å²) in [5.74, 6) is -1.27. The first-order valence-corrected chi connectivity index (χ1v) is 9.90. The third-order valence-electron chi connectivity index (χ3n) is 3.84. The lowest BCUT2D eigenvalue weighted by Crippen LogP contribution is -2.36. The molecule has 1 aliphatic rings. The first-order chi connectivity index (χ1) is 12.2. The molecule has 3 amide bonds. The highest BCUT2D eigenvalue weighted by Gasteiger charge is 2.30. The van der Waals surface area contributed by atoms with Crippen LogP contribution < -0.4 is 5.32 Å². The van der Waals surface area contributed by atoms with Crippen molar-refractivity contribution < 1.29 is 22.8 Å². The highest BCUT2D eigenvalue weighted by molar-refractivity contribution is 7.89. The second-order valence-corrected chi connectivity index (χ2v) is 9.04. The molecule has 3 rings (SSSR count). The number of imide groups is 1. The van der Waals surface area contributed by atoms with Gasteiger partial charge in [0, 0.05) is 26.9 Å². The van der Waals surface area contributed by atoms with E-state index in [0.717, 1.165) is 20.5 Å². The highest BCUT2D eigenvalue weighted by atomic mass is 32.2. The molecular weight excluding hydrogens is 380 g/mol. The summed E-state index contributed by atoms with van der Waals surface area (Å²) in [6.07, 6.45) is 0.243. The minimum Gasteiger partial charge on any atom is -0.300 e. The lowest BCUT2D eigenvalue weighted by Gasteiger charge is -2.12. The molecule has 1 N–H and O–H groups in total. The summed E-state index contributed by atoms with van der Waals surface area (Å²) in [7, 11) is -0.680. The van der Waals surface area contributed by atoms with Crippen LogP contribution in [-0.4, -0.2) is 61.0 Å². The van der Waals surface area contributed by atoms with Crippen LogP contribution in [0.4, 0.5) is 5.13 Å². The molecule has 1 fully saturated rings. The Labute approximate surface area is 153 Å². The smallest absolute Gasteiger partial charge is 0.246 e. The Balaban J connectivity index is 1.78. The topological polar surface area (TPSA) is 117 Å². The minimum atomic E-state index is -3.57. The fraction of sp³-hybridized carbons (Fsp3) is 0.333. The van der Waals surface area contributed by atoms with Gasteiger partial charge >= 0.3 is 0 Å². The van der Waals surface area contributed by atoms with Crippen molar-refractivity contribution in [1.82, 2.24) is 14.2 Å². The number of carbonyl (C=O) groups is 3. The van der Waals surface area contributed by atoms with Crippen LogP contribution in [0, 0.1) is 0 Å². The van der Waals surface area contributed by atoms with Crippen LogP contribution in [0.15, 0.2) is 23.1 Å². The number of aromatic nitrogens is 1. The summed E-state index contributed by atoms with van der Waals surface area (Å²) in [6, 6.07) is 4.50. The van der Waals surface area contributed by atoms with Gasteiger partial charge < -0.3 is 5.32 Å². The molecule has 1 aromatic carbocycles. The summed E-state index contributed by atoms with van der Waals surface area (Å²) in [4.78, 5) is 40.4. The Morgan fingerprint density at radius 3 is 2.54 bits per heavy atom. The lowest BCUT2D eigenvalue weighted by molar-refractivity contribution is -0.141. The third-order valence-corrected chi connectivity index (χ3v) is 6.59. The van der Waals surface area contributed by atoms with Gasteiger partial charge in [-0.1, -0.05) is 11.3 Å². The molecule has 1 aromatic heterocycles. The molecule has 2 aromatic rings. The molecule has 0 atom stereocenters. The van der Waals surface area contributed by atoms with E-state index in [1.54, 1.807) is 6.07 Å². The average Bonchev–Trinajstić information content (AvgIpc) is 3.11. The normalized spacial score (nSPS) is 15.3. The monoisotopic (exact) mass is 396 g/mol. The summed E-state index contributed by atoms with van der Waals surface area (Å²) in [5, 5.41) is 2.81. The van der Waals surface area contributed by atoms with Gasteiger partial charge in [0.05, 0.1) is 15.1 Å². The number of amides is 3. The molecule has 9 nitrogen and oxygen atoms in total. The quantitative estimate of drug-likeness (QED) is 0.741. The van der Waals surface area contributed by atoms with Gasteiger partial charge in [-0.15, -0.1) is 0 Å². The predicted octanol–water partition coefficient (Wildman–Crippen LogP) is 0.634. The van der Waals surface area contributed by atoms with Gasteiger partial charge in [-0.25, -0.2) is 17.7 Å². The van der Waals surface area contributed by atoms with Crippen molar-refractivity contribution >= 4 is 54.4 Å². The van der Waals surface area contributed by atoms with E-state index in [1.165, 1.54) is 26.2 Å². The first kappa shape index (κ1) is 18.4. The van der Waals surface area contributed by atoms with Crippen molar-refractivity contribution in [2.24, 2.45) is 0 Å². The van der Waals surface area contributed by atoms with Crippen molar-refractivity contribution in [1.29, 1.82) is 0 Å². The number of hydrogen-bond acceptors (Lipinski definition) is 7. The van der Waals surface area contributed by atoms with E-state index in [9.17, 15) is 22.8 Å². The maximum Gasteiger partial charge on any atom is 0.246 e. The third kappa shape index (κ3) is 3.45. The SMILES string of the molecule is CN(C)S(=O)(=O)c1ccc2nc(NC(=O)CN3C(=O)CCC3=O)sc2c1. The van der Waals surface area contributed by atoms with Crippen molar-refractivity contribution in [3.8, 4) is 0 Å². The second kappa shape index (κ2) is 6.74. The number of fused-ring (bicyclic) bond motifs is 1. The van der Waals surface area contributed by atoms with Gasteiger partial charge in [0.2, 0.25) is 27.7 Å². The highest BCUT2D eigenvalue weighted by Crippen LogP contribution is 2.29. The van der Waals surface area contributed by atoms with Crippen LogP contribution >= 0.6 is 11.3 Å². The molecule has 2 heterocycles. The van der Waals surface area contributed by atoms with E-state index in [0.29, 0.717) is 10.2 Å². The molecule has 0 aliphatic carbocycles. The number of thiazole rings is 1. The van der Waals surface area contributed by atoms with Crippen molar-refractivity contribution in [3.05, 3.63) is 18.2 Å². The zero-order valence-corrected chi connectivity index (χ0v) is 15.7. The fourth-order valence-corrected chi connectivity index (χ4v) is 4.36. The summed E-state index contributed by atoms with van der Waals surface area (Å²) in [5.41, 5.74) is 0.538. The maximum absolute atomic E-state index is 12.2. The molecule has 11 heteroatoms. The lowest BCUT2D eigenvalue weighted by atomic mass is 10.3. The van der Waals surface area contributed by atoms with E-state index in [4.69, 9.17) is 0 Å². The van der Waals surface area contributed by atoms with Gasteiger partial charge in [-0.2, -0.15) is 0 Å². The van der Waals surface area contributed by atoms with E-state index in [1.807, 2.05) is 0 Å². The van der Waals surface area contributed by atoms with E-state index in [-0.39, 0.29) is 41.2 Å². The maximum atomic E-state index is 12.2. The number of anilines is 1. The van der Waals surface area contributed by atoms with Crippen LogP contribution in [0.25, 0.3) is 10.2 Å². The average molecular weight is 396 g/mol. The van der Waals surface area contributed by atoms with E-state index < -0.39 is 15.9 Å². The van der Waals surface area contributed by atoms with Crippen molar-refractivity contribution in [2.75, 3.05) is 26.0 Å². The Morgan fingerprint density at radius 2 is 1.92 bits per heavy atom. The van der Waals surface area contributed by atoms with Crippen molar-refractivity contribution in [3.63, 3.8) is 0 Å². The molecular formula is C15H16N4O5S2. The number of benzene rings is 1. The molecule has 0 spiro atoms. The second-order valence-electron chi connectivity index (χ2n) is 5.86.